The lowest BCUT2D eigenvalue weighted by Gasteiger charge is -2.35. The summed E-state index contributed by atoms with van der Waals surface area (Å²) in [4.78, 5) is 79.3. The molecule has 3 aliphatic heterocycles. The highest BCUT2D eigenvalue weighted by molar-refractivity contribution is 5.95. The van der Waals surface area contributed by atoms with E-state index >= 15 is 0 Å². The second-order valence-electron chi connectivity index (χ2n) is 15.1. The maximum atomic E-state index is 13.7. The summed E-state index contributed by atoms with van der Waals surface area (Å²) in [7, 11) is 0. The van der Waals surface area contributed by atoms with Crippen molar-refractivity contribution in [3.63, 3.8) is 0 Å². The Morgan fingerprint density at radius 2 is 1.76 bits per heavy atom. The predicted octanol–water partition coefficient (Wildman–Crippen LogP) is 0.129. The molecule has 8 N–H and O–H groups in total. The average Bonchev–Trinajstić information content (AvgIpc) is 3.35. The summed E-state index contributed by atoms with van der Waals surface area (Å²) >= 11 is 0. The van der Waals surface area contributed by atoms with Crippen molar-refractivity contribution >= 4 is 23.7 Å². The molecule has 2 saturated heterocycles. The minimum Gasteiger partial charge on any atom is -0.457 e. The standard InChI is InChI=1S/C37H57N5O13/c1-4-5-6-7-8-9-10-12-16-37(2,3)35(50)55-28-21(20-43)27(53-33(28)42-18-15-25(45)41-36(42)51)29(30(38)47)54-34-26(46)23(44)19-24(52-34)32(49)40-22-14-11-13-17-39-31(22)48/h15,18-19,21-23,26-29,33-34,43-44,46H,4-14,16-17,20H2,1-3H3,(H2,38,47)(H,39,48)(H,40,49)(H,41,45,51)/t21-,22+,23+,26+,27+,28-,29-,33-,34-/m1/s1. The number of hydrogen-bond donors (Lipinski definition) is 7. The van der Waals surface area contributed by atoms with Crippen molar-refractivity contribution in [2.75, 3.05) is 13.2 Å². The fourth-order valence-corrected chi connectivity index (χ4v) is 6.97. The molecule has 308 valence electrons. The van der Waals surface area contributed by atoms with Crippen molar-refractivity contribution in [3.05, 3.63) is 44.9 Å². The largest absolute Gasteiger partial charge is 0.457 e. The predicted molar refractivity (Wildman–Crippen MR) is 195 cm³/mol. The van der Waals surface area contributed by atoms with Gasteiger partial charge in [0.15, 0.2) is 24.2 Å². The molecule has 0 aliphatic carbocycles. The number of primary amides is 1. The number of ether oxygens (including phenoxy) is 4. The Morgan fingerprint density at radius 1 is 1.07 bits per heavy atom. The van der Waals surface area contributed by atoms with Crippen LogP contribution in [0.4, 0.5) is 0 Å². The molecule has 2 fully saturated rings. The summed E-state index contributed by atoms with van der Waals surface area (Å²) < 4.78 is 24.4. The summed E-state index contributed by atoms with van der Waals surface area (Å²) in [6, 6.07) is 0.140. The second-order valence-corrected chi connectivity index (χ2v) is 15.1. The molecule has 4 heterocycles. The number of aromatic amines is 1. The molecule has 0 aromatic carbocycles. The number of carbonyl (C=O) groups is 4. The molecule has 1 aromatic heterocycles. The number of rotatable bonds is 19. The van der Waals surface area contributed by atoms with E-state index in [1.54, 1.807) is 13.8 Å². The Bertz CT molecular complexity index is 1630. The van der Waals surface area contributed by atoms with Crippen LogP contribution in [0.15, 0.2) is 33.7 Å². The number of amides is 3. The first-order valence-corrected chi connectivity index (χ1v) is 19.2. The van der Waals surface area contributed by atoms with Crippen LogP contribution in [0.25, 0.3) is 0 Å². The van der Waals surface area contributed by atoms with E-state index in [9.17, 15) is 44.1 Å². The van der Waals surface area contributed by atoms with Crippen LogP contribution in [0.1, 0.15) is 104 Å². The Morgan fingerprint density at radius 3 is 2.42 bits per heavy atom. The van der Waals surface area contributed by atoms with Crippen molar-refractivity contribution in [2.45, 2.75) is 147 Å². The van der Waals surface area contributed by atoms with Gasteiger partial charge in [0.25, 0.3) is 11.5 Å². The maximum Gasteiger partial charge on any atom is 0.330 e. The van der Waals surface area contributed by atoms with Crippen LogP contribution in [-0.4, -0.2) is 105 Å². The highest BCUT2D eigenvalue weighted by Crippen LogP contribution is 2.40. The fourth-order valence-electron chi connectivity index (χ4n) is 6.97. The maximum absolute atomic E-state index is 13.7. The molecule has 0 bridgehead atoms. The summed E-state index contributed by atoms with van der Waals surface area (Å²) in [5.74, 6) is -4.96. The third kappa shape index (κ3) is 11.5. The number of nitrogens with one attached hydrogen (secondary N) is 3. The molecule has 0 radical (unpaired) electrons. The van der Waals surface area contributed by atoms with Crippen molar-refractivity contribution in [1.82, 2.24) is 20.2 Å². The number of H-pyrrole nitrogens is 1. The zero-order valence-electron chi connectivity index (χ0n) is 31.8. The first-order valence-electron chi connectivity index (χ1n) is 19.2. The molecule has 0 spiro atoms. The summed E-state index contributed by atoms with van der Waals surface area (Å²) in [6.45, 7) is 5.26. The number of aromatic nitrogens is 2. The third-order valence-corrected chi connectivity index (χ3v) is 10.3. The van der Waals surface area contributed by atoms with Gasteiger partial charge in [-0.2, -0.15) is 0 Å². The van der Waals surface area contributed by atoms with Crippen LogP contribution < -0.4 is 27.6 Å². The molecule has 0 saturated carbocycles. The van der Waals surface area contributed by atoms with Gasteiger partial charge in [0.1, 0.15) is 24.4 Å². The van der Waals surface area contributed by atoms with Crippen LogP contribution in [-0.2, 0) is 38.1 Å². The van der Waals surface area contributed by atoms with Gasteiger partial charge in [-0.05, 0) is 45.6 Å². The van der Waals surface area contributed by atoms with Gasteiger partial charge in [-0.3, -0.25) is 33.5 Å². The van der Waals surface area contributed by atoms with Crippen molar-refractivity contribution in [2.24, 2.45) is 17.1 Å². The minimum atomic E-state index is -1.91. The number of carbonyl (C=O) groups excluding carboxylic acids is 4. The smallest absolute Gasteiger partial charge is 0.330 e. The molecular formula is C37H57N5O13. The van der Waals surface area contributed by atoms with Gasteiger partial charge >= 0.3 is 11.7 Å². The zero-order chi connectivity index (χ0) is 40.3. The van der Waals surface area contributed by atoms with Gasteiger partial charge in [-0.25, -0.2) is 4.79 Å². The van der Waals surface area contributed by atoms with E-state index in [4.69, 9.17) is 24.7 Å². The van der Waals surface area contributed by atoms with E-state index < -0.39 is 108 Å². The van der Waals surface area contributed by atoms with Crippen LogP contribution in [0, 0.1) is 11.3 Å². The molecular weight excluding hydrogens is 722 g/mol. The molecule has 4 rings (SSSR count). The Balaban J connectivity index is 1.53. The number of unbranched alkanes of at least 4 members (excludes halogenated alkanes) is 7. The highest BCUT2D eigenvalue weighted by Gasteiger charge is 2.54. The molecule has 1 aromatic rings. The number of esters is 1. The number of nitrogens with zero attached hydrogens (tertiary/aromatic N) is 1. The van der Waals surface area contributed by atoms with E-state index in [0.29, 0.717) is 25.8 Å². The number of aliphatic hydroxyl groups is 3. The lowest BCUT2D eigenvalue weighted by molar-refractivity contribution is -0.239. The van der Waals surface area contributed by atoms with Gasteiger partial charge in [0.2, 0.25) is 18.1 Å². The molecule has 18 heteroatoms. The minimum absolute atomic E-state index is 0.350. The first-order chi connectivity index (χ1) is 26.2. The summed E-state index contributed by atoms with van der Waals surface area (Å²) in [6.07, 6.45) is 0.849. The first kappa shape index (κ1) is 43.6. The highest BCUT2D eigenvalue weighted by atomic mass is 16.7. The van der Waals surface area contributed by atoms with Crippen LogP contribution >= 0.6 is 0 Å². The third-order valence-electron chi connectivity index (χ3n) is 10.3. The number of hydrogen-bond acceptors (Lipinski definition) is 13. The second kappa shape index (κ2) is 20.2. The topological polar surface area (TPSA) is 271 Å². The Labute approximate surface area is 319 Å². The lowest BCUT2D eigenvalue weighted by Crippen LogP contribution is -2.54. The monoisotopic (exact) mass is 779 g/mol. The van der Waals surface area contributed by atoms with Gasteiger partial charge in [0.05, 0.1) is 17.9 Å². The quantitative estimate of drug-likeness (QED) is 0.0728. The summed E-state index contributed by atoms with van der Waals surface area (Å²) in [5.41, 5.74) is 3.09. The molecule has 9 atom stereocenters. The van der Waals surface area contributed by atoms with Crippen LogP contribution in [0.2, 0.25) is 0 Å². The van der Waals surface area contributed by atoms with E-state index in [1.165, 1.54) is 19.3 Å². The van der Waals surface area contributed by atoms with Crippen molar-refractivity contribution in [1.29, 1.82) is 0 Å². The fraction of sp³-hybridized carbons (Fsp3) is 0.730. The van der Waals surface area contributed by atoms with Crippen molar-refractivity contribution < 1.29 is 53.4 Å². The van der Waals surface area contributed by atoms with E-state index in [1.807, 2.05) is 0 Å². The number of aliphatic hydroxyl groups excluding tert-OH is 3. The van der Waals surface area contributed by atoms with Crippen LogP contribution in [0.3, 0.4) is 0 Å². The van der Waals surface area contributed by atoms with Gasteiger partial charge in [-0.15, -0.1) is 0 Å². The van der Waals surface area contributed by atoms with Gasteiger partial charge in [-0.1, -0.05) is 58.3 Å². The van der Waals surface area contributed by atoms with E-state index in [2.05, 4.69) is 22.5 Å². The molecule has 55 heavy (non-hydrogen) atoms. The molecule has 18 nitrogen and oxygen atoms in total. The normalized spacial score (nSPS) is 27.6. The zero-order valence-corrected chi connectivity index (χ0v) is 31.8. The Kier molecular flexibility index (Phi) is 16.0. The molecule has 0 unspecified atom stereocenters. The SMILES string of the molecule is CCCCCCCCCCC(C)(C)C(=O)O[C@@H]1[C@H](CO)[C@@H]([C@@H](O[C@H]2OC(C(=O)N[C@H]3CCCCNC3=O)=C[C@H](O)[C@@H]2O)C(N)=O)O[C@H]1n1ccc(=O)[nH]c1=O. The molecule has 3 aliphatic rings. The van der Waals surface area contributed by atoms with Gasteiger partial charge < -0.3 is 50.6 Å². The van der Waals surface area contributed by atoms with Gasteiger partial charge in [0, 0.05) is 18.8 Å². The summed E-state index contributed by atoms with van der Waals surface area (Å²) in [5, 5.41) is 37.3. The molecule has 3 amide bonds. The lowest BCUT2D eigenvalue weighted by atomic mass is 9.86. The Hall–Kier alpha value is -4.10. The van der Waals surface area contributed by atoms with Crippen molar-refractivity contribution in [3.8, 4) is 0 Å². The van der Waals surface area contributed by atoms with Crippen LogP contribution in [0.5, 0.6) is 0 Å². The van der Waals surface area contributed by atoms with E-state index in [0.717, 1.165) is 61.4 Å². The van der Waals surface area contributed by atoms with E-state index in [-0.39, 0.29) is 0 Å². The average molecular weight is 780 g/mol. The number of nitrogens with two attached hydrogens (primary N) is 1.